The highest BCUT2D eigenvalue weighted by atomic mass is 16.2. The highest BCUT2D eigenvalue weighted by molar-refractivity contribution is 5.93. The van der Waals surface area contributed by atoms with Gasteiger partial charge in [0.2, 0.25) is 5.91 Å². The van der Waals surface area contributed by atoms with E-state index in [-0.39, 0.29) is 11.8 Å². The van der Waals surface area contributed by atoms with Crippen molar-refractivity contribution in [3.63, 3.8) is 0 Å². The highest BCUT2D eigenvalue weighted by Crippen LogP contribution is 2.34. The molecule has 0 N–H and O–H groups in total. The van der Waals surface area contributed by atoms with E-state index in [4.69, 9.17) is 0 Å². The number of carbonyl (C=O) groups is 1. The molecular weight excluding hydrogens is 454 g/mol. The molecule has 0 unspecified atom stereocenters. The number of imidazole rings is 1. The quantitative estimate of drug-likeness (QED) is 0.278. The number of amides is 1. The van der Waals surface area contributed by atoms with Crippen molar-refractivity contribution in [3.8, 4) is 0 Å². The first-order valence-corrected chi connectivity index (χ1v) is 13.4. The van der Waals surface area contributed by atoms with Gasteiger partial charge in [-0.25, -0.2) is 4.98 Å². The average molecular weight is 494 g/mol. The van der Waals surface area contributed by atoms with Crippen LogP contribution < -0.4 is 4.90 Å². The molecule has 0 spiro atoms. The summed E-state index contributed by atoms with van der Waals surface area (Å²) in [5.74, 6) is 1.74. The number of aryl methyl sites for hydroxylation is 3. The molecule has 0 radical (unpaired) electrons. The van der Waals surface area contributed by atoms with Crippen LogP contribution in [0, 0.1) is 6.92 Å². The van der Waals surface area contributed by atoms with Gasteiger partial charge in [0.15, 0.2) is 0 Å². The van der Waals surface area contributed by atoms with Crippen molar-refractivity contribution in [2.24, 2.45) is 7.05 Å². The average Bonchev–Trinajstić information content (AvgIpc) is 3.33. The minimum atomic E-state index is 0.137. The number of rotatable bonds is 6. The van der Waals surface area contributed by atoms with Crippen LogP contribution in [0.3, 0.4) is 0 Å². The Bertz CT molecular complexity index is 1280. The number of hydrogen-bond acceptors (Lipinski definition) is 2. The van der Waals surface area contributed by atoms with E-state index < -0.39 is 0 Å². The summed E-state index contributed by atoms with van der Waals surface area (Å²) in [7, 11) is 1.98. The van der Waals surface area contributed by atoms with Crippen LogP contribution in [0.5, 0.6) is 0 Å². The molecule has 4 heteroatoms. The predicted octanol–water partition coefficient (Wildman–Crippen LogP) is 7.58. The molecule has 0 fully saturated rings. The van der Waals surface area contributed by atoms with Gasteiger partial charge in [0.25, 0.3) is 0 Å². The van der Waals surface area contributed by atoms with Gasteiger partial charge in [-0.1, -0.05) is 86.1 Å². The van der Waals surface area contributed by atoms with Gasteiger partial charge in [-0.2, -0.15) is 0 Å². The number of carbonyl (C=O) groups excluding carboxylic acids is 1. The van der Waals surface area contributed by atoms with Crippen LogP contribution in [0.1, 0.15) is 73.0 Å². The number of hydrogen-bond donors (Lipinski definition) is 0. The molecule has 4 nitrogen and oxygen atoms in total. The fourth-order valence-corrected chi connectivity index (χ4v) is 5.01. The summed E-state index contributed by atoms with van der Waals surface area (Å²) in [5, 5.41) is 0. The van der Waals surface area contributed by atoms with E-state index in [1.807, 2.05) is 59.1 Å². The van der Waals surface area contributed by atoms with Gasteiger partial charge in [0, 0.05) is 31.5 Å². The lowest BCUT2D eigenvalue weighted by Gasteiger charge is -2.28. The summed E-state index contributed by atoms with van der Waals surface area (Å²) in [5.41, 5.74) is 6.33. The van der Waals surface area contributed by atoms with E-state index in [1.54, 1.807) is 6.20 Å². The van der Waals surface area contributed by atoms with Crippen LogP contribution in [-0.2, 0) is 24.8 Å². The zero-order valence-electron chi connectivity index (χ0n) is 22.6. The van der Waals surface area contributed by atoms with Gasteiger partial charge in [-0.15, -0.1) is 0 Å². The lowest BCUT2D eigenvalue weighted by molar-refractivity contribution is -0.119. The molecule has 1 aliphatic carbocycles. The maximum atomic E-state index is 13.5. The van der Waals surface area contributed by atoms with E-state index in [2.05, 4.69) is 68.2 Å². The summed E-state index contributed by atoms with van der Waals surface area (Å²) < 4.78 is 1.99. The van der Waals surface area contributed by atoms with Gasteiger partial charge in [0.1, 0.15) is 5.82 Å². The van der Waals surface area contributed by atoms with Crippen molar-refractivity contribution in [2.75, 3.05) is 4.90 Å². The molecule has 1 amide bonds. The summed E-state index contributed by atoms with van der Waals surface area (Å²) >= 11 is 0. The van der Waals surface area contributed by atoms with E-state index in [0.717, 1.165) is 17.9 Å². The monoisotopic (exact) mass is 493 g/mol. The third-order valence-electron chi connectivity index (χ3n) is 7.37. The Morgan fingerprint density at radius 1 is 1.05 bits per heavy atom. The van der Waals surface area contributed by atoms with E-state index >= 15 is 0 Å². The van der Waals surface area contributed by atoms with Crippen LogP contribution in [0.25, 0.3) is 0 Å². The summed E-state index contributed by atoms with van der Waals surface area (Å²) in [6.07, 6.45) is 7.80. The first-order valence-electron chi connectivity index (χ1n) is 13.4. The van der Waals surface area contributed by atoms with Gasteiger partial charge in [-0.05, 0) is 66.8 Å². The second-order valence-electron chi connectivity index (χ2n) is 10.3. The summed E-state index contributed by atoms with van der Waals surface area (Å²) in [4.78, 5) is 19.9. The number of anilines is 1. The fourth-order valence-electron chi connectivity index (χ4n) is 5.01. The summed E-state index contributed by atoms with van der Waals surface area (Å²) in [6.45, 7) is 6.99. The minimum Gasteiger partial charge on any atom is -0.337 e. The Kier molecular flexibility index (Phi) is 8.95. The van der Waals surface area contributed by atoms with Crippen molar-refractivity contribution in [1.82, 2.24) is 9.55 Å². The number of aromatic nitrogens is 2. The van der Waals surface area contributed by atoms with Crippen LogP contribution in [0.4, 0.5) is 5.69 Å². The van der Waals surface area contributed by atoms with E-state index in [0.29, 0.717) is 18.9 Å². The Morgan fingerprint density at radius 3 is 2.38 bits per heavy atom. The minimum absolute atomic E-state index is 0.137. The molecule has 37 heavy (non-hydrogen) atoms. The van der Waals surface area contributed by atoms with Gasteiger partial charge in [-0.3, -0.25) is 4.79 Å². The first kappa shape index (κ1) is 26.4. The van der Waals surface area contributed by atoms with Crippen molar-refractivity contribution in [3.05, 3.63) is 119 Å². The van der Waals surface area contributed by atoms with E-state index in [9.17, 15) is 4.79 Å². The first-order chi connectivity index (χ1) is 17.9. The molecule has 1 aliphatic rings. The molecule has 0 saturated carbocycles. The predicted molar refractivity (Wildman–Crippen MR) is 153 cm³/mol. The number of benzene rings is 3. The molecule has 1 aromatic heterocycles. The molecule has 0 aliphatic heterocycles. The normalized spacial score (nSPS) is 15.2. The van der Waals surface area contributed by atoms with Crippen molar-refractivity contribution in [2.45, 2.75) is 64.8 Å². The van der Waals surface area contributed by atoms with Crippen LogP contribution in [0.2, 0.25) is 0 Å². The number of fused-ring (bicyclic) bond motifs is 1. The Morgan fingerprint density at radius 2 is 1.76 bits per heavy atom. The third-order valence-corrected chi connectivity index (χ3v) is 7.37. The maximum Gasteiger partial charge on any atom is 0.228 e. The van der Waals surface area contributed by atoms with Crippen LogP contribution >= 0.6 is 0 Å². The van der Waals surface area contributed by atoms with Gasteiger partial charge in [0.05, 0.1) is 6.54 Å². The molecule has 192 valence electrons. The highest BCUT2D eigenvalue weighted by Gasteiger charge is 2.24. The summed E-state index contributed by atoms with van der Waals surface area (Å²) in [6, 6.07) is 27.1. The second-order valence-corrected chi connectivity index (χ2v) is 10.3. The topological polar surface area (TPSA) is 38.1 Å². The van der Waals surface area contributed by atoms with Gasteiger partial charge < -0.3 is 9.47 Å². The van der Waals surface area contributed by atoms with Crippen LogP contribution in [0.15, 0.2) is 91.3 Å². The zero-order chi connectivity index (χ0) is 26.2. The Hall–Kier alpha value is -3.66. The SMILES string of the molecule is C[C@H](CC(=O)N(Cc1nccn1C)c1ccc2c(c1)[C@H](C)CCC2)c1ccccc1.Cc1ccccc1. The molecule has 0 saturated heterocycles. The molecule has 3 aromatic carbocycles. The Labute approximate surface area is 222 Å². The largest absolute Gasteiger partial charge is 0.337 e. The molecule has 1 heterocycles. The molecule has 5 rings (SSSR count). The van der Waals surface area contributed by atoms with Gasteiger partial charge >= 0.3 is 0 Å². The van der Waals surface area contributed by atoms with Crippen molar-refractivity contribution in [1.29, 1.82) is 0 Å². The molecule has 4 aromatic rings. The lowest BCUT2D eigenvalue weighted by atomic mass is 9.83. The van der Waals surface area contributed by atoms with Crippen molar-refractivity contribution >= 4 is 11.6 Å². The van der Waals surface area contributed by atoms with Crippen LogP contribution in [-0.4, -0.2) is 15.5 Å². The zero-order valence-corrected chi connectivity index (χ0v) is 22.6. The molecule has 0 bridgehead atoms. The van der Waals surface area contributed by atoms with Crippen molar-refractivity contribution < 1.29 is 4.79 Å². The lowest BCUT2D eigenvalue weighted by Crippen LogP contribution is -2.32. The smallest absolute Gasteiger partial charge is 0.228 e. The van der Waals surface area contributed by atoms with E-state index in [1.165, 1.54) is 35.1 Å². The number of nitrogens with zero attached hydrogens (tertiary/aromatic N) is 3. The fraction of sp³-hybridized carbons (Fsp3) is 0.333. The third kappa shape index (κ3) is 6.97. The Balaban J connectivity index is 0.000000396. The second kappa shape index (κ2) is 12.5. The molecular formula is C33H39N3O. The standard InChI is InChI=1S/C26H31N3O.C7H8/c1-19-8-7-11-22-12-13-23(17-24(19)22)29(18-25-27-14-15-28(25)3)26(30)16-20(2)21-9-5-4-6-10-21;1-7-5-3-2-4-6-7/h4-6,9-10,12-15,17,19-20H,7-8,11,16,18H2,1-3H3;2-6H,1H3/t19-,20-;/m1./s1. The molecule has 2 atom stereocenters. The maximum absolute atomic E-state index is 13.5.